The average Bonchev–Trinajstić information content (AvgIpc) is 1.96. The Morgan fingerprint density at radius 1 is 1.58 bits per heavy atom. The minimum Gasteiger partial charge on any atom is -0.300 e. The Balaban J connectivity index is 2.59. The molecule has 1 aliphatic rings. The van der Waals surface area contributed by atoms with Crippen molar-refractivity contribution in [3.05, 3.63) is 0 Å². The van der Waals surface area contributed by atoms with E-state index in [1.54, 1.807) is 6.92 Å². The molecule has 2 heteroatoms. The van der Waals surface area contributed by atoms with E-state index in [-0.39, 0.29) is 17.1 Å². The van der Waals surface area contributed by atoms with Gasteiger partial charge in [0, 0.05) is 12.3 Å². The Hall–Kier alpha value is -0.660. The number of carbonyl (C=O) groups excluding carboxylic acids is 2. The summed E-state index contributed by atoms with van der Waals surface area (Å²) in [5.74, 6) is 0.780. The second-order valence-electron chi connectivity index (χ2n) is 4.27. The Morgan fingerprint density at radius 2 is 2.17 bits per heavy atom. The molecule has 1 aliphatic carbocycles. The summed E-state index contributed by atoms with van der Waals surface area (Å²) in [7, 11) is 0. The molecule has 1 radical (unpaired) electrons. The molecule has 0 bridgehead atoms. The number of hydrogen-bond acceptors (Lipinski definition) is 2. The standard InChI is InChI=1S/C10H15O2/c1-7(12)9-6-8(4-5-11)10(9,2)3/h8-9H,4,6H2,1-3H3. The van der Waals surface area contributed by atoms with Crippen molar-refractivity contribution in [1.82, 2.24) is 0 Å². The van der Waals surface area contributed by atoms with Gasteiger partial charge in [-0.2, -0.15) is 0 Å². The topological polar surface area (TPSA) is 34.1 Å². The van der Waals surface area contributed by atoms with Gasteiger partial charge in [-0.25, -0.2) is 0 Å². The SMILES string of the molecule is CC(=O)C1CC(C[C]=O)C1(C)C. The van der Waals surface area contributed by atoms with Crippen molar-refractivity contribution in [1.29, 1.82) is 0 Å². The zero-order chi connectivity index (χ0) is 9.35. The molecule has 1 rings (SSSR count). The van der Waals surface area contributed by atoms with E-state index in [0.717, 1.165) is 6.42 Å². The van der Waals surface area contributed by atoms with Crippen LogP contribution in [0, 0.1) is 17.3 Å². The molecule has 0 aromatic carbocycles. The van der Waals surface area contributed by atoms with Gasteiger partial charge in [-0.1, -0.05) is 13.8 Å². The summed E-state index contributed by atoms with van der Waals surface area (Å²) in [5.41, 5.74) is 0.0171. The van der Waals surface area contributed by atoms with Gasteiger partial charge in [0.1, 0.15) is 5.78 Å². The van der Waals surface area contributed by atoms with Crippen molar-refractivity contribution in [3.8, 4) is 0 Å². The molecule has 2 nitrogen and oxygen atoms in total. The third-order valence-corrected chi connectivity index (χ3v) is 3.29. The van der Waals surface area contributed by atoms with Crippen LogP contribution < -0.4 is 0 Å². The molecule has 0 N–H and O–H groups in total. The van der Waals surface area contributed by atoms with E-state index in [0.29, 0.717) is 12.3 Å². The van der Waals surface area contributed by atoms with Crippen LogP contribution in [-0.4, -0.2) is 12.1 Å². The first kappa shape index (κ1) is 9.43. The lowest BCUT2D eigenvalue weighted by Gasteiger charge is -2.50. The molecule has 0 aromatic rings. The van der Waals surface area contributed by atoms with E-state index in [4.69, 9.17) is 0 Å². The fourth-order valence-corrected chi connectivity index (χ4v) is 2.15. The summed E-state index contributed by atoms with van der Waals surface area (Å²) in [5, 5.41) is 0. The summed E-state index contributed by atoms with van der Waals surface area (Å²) in [4.78, 5) is 21.3. The van der Waals surface area contributed by atoms with Crippen LogP contribution in [0.5, 0.6) is 0 Å². The van der Waals surface area contributed by atoms with Gasteiger partial charge in [0.15, 0.2) is 6.29 Å². The van der Waals surface area contributed by atoms with Crippen LogP contribution in [-0.2, 0) is 9.59 Å². The van der Waals surface area contributed by atoms with Crippen LogP contribution in [0.25, 0.3) is 0 Å². The summed E-state index contributed by atoms with van der Waals surface area (Å²) >= 11 is 0. The predicted molar refractivity (Wildman–Crippen MR) is 46.4 cm³/mol. The molecular formula is C10H15O2. The maximum Gasteiger partial charge on any atom is 0.198 e. The molecule has 67 valence electrons. The molecule has 12 heavy (non-hydrogen) atoms. The fourth-order valence-electron chi connectivity index (χ4n) is 2.15. The van der Waals surface area contributed by atoms with Gasteiger partial charge in [-0.3, -0.25) is 9.59 Å². The summed E-state index contributed by atoms with van der Waals surface area (Å²) in [6.07, 6.45) is 3.28. The summed E-state index contributed by atoms with van der Waals surface area (Å²) < 4.78 is 0. The van der Waals surface area contributed by atoms with E-state index < -0.39 is 0 Å². The minimum absolute atomic E-state index is 0.0171. The van der Waals surface area contributed by atoms with Gasteiger partial charge in [-0.05, 0) is 24.7 Å². The molecule has 1 saturated carbocycles. The van der Waals surface area contributed by atoms with Crippen molar-refractivity contribution in [2.45, 2.75) is 33.6 Å². The minimum atomic E-state index is 0.0171. The molecule has 0 saturated heterocycles. The highest BCUT2D eigenvalue weighted by molar-refractivity contribution is 5.80. The van der Waals surface area contributed by atoms with Crippen molar-refractivity contribution >= 4 is 12.1 Å². The van der Waals surface area contributed by atoms with Gasteiger partial charge in [0.25, 0.3) is 0 Å². The van der Waals surface area contributed by atoms with Crippen LogP contribution in [0.2, 0.25) is 0 Å². The van der Waals surface area contributed by atoms with Crippen LogP contribution in [0.15, 0.2) is 0 Å². The summed E-state index contributed by atoms with van der Waals surface area (Å²) in [6.45, 7) is 5.75. The highest BCUT2D eigenvalue weighted by atomic mass is 16.1. The lowest BCUT2D eigenvalue weighted by Crippen LogP contribution is -2.48. The Bertz CT molecular complexity index is 206. The van der Waals surface area contributed by atoms with E-state index in [9.17, 15) is 9.59 Å². The van der Waals surface area contributed by atoms with Crippen molar-refractivity contribution < 1.29 is 9.59 Å². The molecule has 0 spiro atoms. The van der Waals surface area contributed by atoms with Crippen molar-refractivity contribution in [2.24, 2.45) is 17.3 Å². The smallest absolute Gasteiger partial charge is 0.198 e. The van der Waals surface area contributed by atoms with Gasteiger partial charge >= 0.3 is 0 Å². The molecule has 0 heterocycles. The predicted octanol–water partition coefficient (Wildman–Crippen LogP) is 1.74. The first-order chi connectivity index (χ1) is 5.50. The first-order valence-corrected chi connectivity index (χ1v) is 4.35. The number of Topliss-reactive ketones (excluding diaryl/α,β-unsaturated/α-hetero) is 1. The molecule has 0 aromatic heterocycles. The zero-order valence-corrected chi connectivity index (χ0v) is 7.89. The third-order valence-electron chi connectivity index (χ3n) is 3.29. The number of ketones is 1. The molecule has 0 aliphatic heterocycles. The summed E-state index contributed by atoms with van der Waals surface area (Å²) in [6, 6.07) is 0. The Labute approximate surface area is 73.3 Å². The largest absolute Gasteiger partial charge is 0.300 e. The number of hydrogen-bond donors (Lipinski definition) is 0. The van der Waals surface area contributed by atoms with E-state index in [2.05, 4.69) is 13.8 Å². The van der Waals surface area contributed by atoms with Crippen LogP contribution in [0.4, 0.5) is 0 Å². The monoisotopic (exact) mass is 167 g/mol. The molecule has 0 amide bonds. The molecule has 2 atom stereocenters. The van der Waals surface area contributed by atoms with Gasteiger partial charge in [0.2, 0.25) is 0 Å². The van der Waals surface area contributed by atoms with E-state index in [1.807, 2.05) is 6.29 Å². The lowest BCUT2D eigenvalue weighted by atomic mass is 9.53. The molecular weight excluding hydrogens is 152 g/mol. The lowest BCUT2D eigenvalue weighted by molar-refractivity contribution is -0.135. The number of rotatable bonds is 3. The van der Waals surface area contributed by atoms with Crippen molar-refractivity contribution in [3.63, 3.8) is 0 Å². The second kappa shape index (κ2) is 3.00. The van der Waals surface area contributed by atoms with Gasteiger partial charge in [0.05, 0.1) is 0 Å². The molecule has 2 unspecified atom stereocenters. The quantitative estimate of drug-likeness (QED) is 0.641. The van der Waals surface area contributed by atoms with Gasteiger partial charge < -0.3 is 0 Å². The first-order valence-electron chi connectivity index (χ1n) is 4.35. The maximum absolute atomic E-state index is 11.1. The highest BCUT2D eigenvalue weighted by Crippen LogP contribution is 2.52. The normalized spacial score (nSPS) is 32.2. The Kier molecular flexibility index (Phi) is 2.36. The van der Waals surface area contributed by atoms with Crippen LogP contribution in [0.1, 0.15) is 33.6 Å². The third kappa shape index (κ3) is 1.30. The molecule has 1 fully saturated rings. The van der Waals surface area contributed by atoms with E-state index >= 15 is 0 Å². The van der Waals surface area contributed by atoms with E-state index in [1.165, 1.54) is 0 Å². The highest BCUT2D eigenvalue weighted by Gasteiger charge is 2.49. The van der Waals surface area contributed by atoms with Crippen molar-refractivity contribution in [2.75, 3.05) is 0 Å². The van der Waals surface area contributed by atoms with Crippen LogP contribution in [0.3, 0.4) is 0 Å². The van der Waals surface area contributed by atoms with Gasteiger partial charge in [-0.15, -0.1) is 0 Å². The second-order valence-corrected chi connectivity index (χ2v) is 4.27. The number of carbonyl (C=O) groups is 1. The maximum atomic E-state index is 11.1. The average molecular weight is 167 g/mol. The van der Waals surface area contributed by atoms with Crippen LogP contribution >= 0.6 is 0 Å². The Morgan fingerprint density at radius 3 is 2.50 bits per heavy atom. The zero-order valence-electron chi connectivity index (χ0n) is 7.89. The fraction of sp³-hybridized carbons (Fsp3) is 0.800.